The van der Waals surface area contributed by atoms with Gasteiger partial charge in [-0.2, -0.15) is 0 Å². The molecule has 1 saturated carbocycles. The van der Waals surface area contributed by atoms with Crippen molar-refractivity contribution < 1.29 is 5.11 Å². The van der Waals surface area contributed by atoms with Gasteiger partial charge in [0.2, 0.25) is 0 Å². The average molecular weight is 264 g/mol. The van der Waals surface area contributed by atoms with Gasteiger partial charge in [-0.25, -0.2) is 9.97 Å². The van der Waals surface area contributed by atoms with Crippen molar-refractivity contribution in [2.75, 3.05) is 30.4 Å². The van der Waals surface area contributed by atoms with Crippen LogP contribution in [0.4, 0.5) is 11.6 Å². The summed E-state index contributed by atoms with van der Waals surface area (Å²) in [4.78, 5) is 11.2. The number of aromatic nitrogens is 2. The van der Waals surface area contributed by atoms with E-state index >= 15 is 0 Å². The third kappa shape index (κ3) is 4.06. The highest BCUT2D eigenvalue weighted by Gasteiger charge is 2.27. The summed E-state index contributed by atoms with van der Waals surface area (Å²) in [6.07, 6.45) is 3.09. The molecule has 0 saturated heterocycles. The largest absolute Gasteiger partial charge is 0.392 e. The molecule has 2 rings (SSSR count). The summed E-state index contributed by atoms with van der Waals surface area (Å²) in [5.41, 5.74) is 0. The maximum Gasteiger partial charge on any atom is 0.136 e. The third-order valence-corrected chi connectivity index (χ3v) is 3.16. The number of anilines is 2. The molecule has 5 heteroatoms. The van der Waals surface area contributed by atoms with Gasteiger partial charge in [0.25, 0.3) is 0 Å². The van der Waals surface area contributed by atoms with Crippen molar-refractivity contribution in [2.45, 2.75) is 45.1 Å². The predicted octanol–water partition coefficient (Wildman–Crippen LogP) is 1.99. The molecule has 1 heterocycles. The van der Waals surface area contributed by atoms with Gasteiger partial charge in [0, 0.05) is 32.1 Å². The number of rotatable bonds is 7. The van der Waals surface area contributed by atoms with E-state index < -0.39 is 0 Å². The molecule has 19 heavy (non-hydrogen) atoms. The first-order valence-corrected chi connectivity index (χ1v) is 7.12. The minimum atomic E-state index is -0.364. The molecule has 0 spiro atoms. The zero-order chi connectivity index (χ0) is 13.8. The first-order valence-electron chi connectivity index (χ1n) is 7.12. The number of hydrogen-bond donors (Lipinski definition) is 2. The van der Waals surface area contributed by atoms with Gasteiger partial charge < -0.3 is 15.3 Å². The molecule has 0 aliphatic heterocycles. The number of aliphatic hydroxyl groups is 1. The smallest absolute Gasteiger partial charge is 0.136 e. The molecule has 1 aromatic rings. The highest BCUT2D eigenvalue weighted by Crippen LogP contribution is 2.39. The molecule has 0 aromatic carbocycles. The Morgan fingerprint density at radius 2 is 2.21 bits per heavy atom. The second-order valence-electron chi connectivity index (χ2n) is 5.40. The lowest BCUT2D eigenvalue weighted by Crippen LogP contribution is -2.28. The van der Waals surface area contributed by atoms with Crippen LogP contribution >= 0.6 is 0 Å². The van der Waals surface area contributed by atoms with Crippen LogP contribution in [0.2, 0.25) is 0 Å². The number of nitrogens with zero attached hydrogens (tertiary/aromatic N) is 3. The van der Waals surface area contributed by atoms with Crippen molar-refractivity contribution in [1.29, 1.82) is 0 Å². The number of nitrogens with one attached hydrogen (secondary N) is 1. The highest BCUT2D eigenvalue weighted by molar-refractivity contribution is 5.49. The molecule has 5 nitrogen and oxygen atoms in total. The molecule has 0 radical (unpaired) electrons. The molecule has 1 aliphatic rings. The van der Waals surface area contributed by atoms with Gasteiger partial charge in [-0.1, -0.05) is 6.92 Å². The zero-order valence-electron chi connectivity index (χ0n) is 12.1. The van der Waals surface area contributed by atoms with Crippen LogP contribution in [0.15, 0.2) is 6.07 Å². The molecular formula is C14H24N4O. The van der Waals surface area contributed by atoms with Gasteiger partial charge in [0.15, 0.2) is 0 Å². The molecule has 1 aliphatic carbocycles. The fourth-order valence-corrected chi connectivity index (χ4v) is 2.01. The quantitative estimate of drug-likeness (QED) is 0.788. The van der Waals surface area contributed by atoms with Gasteiger partial charge in [0.05, 0.1) is 6.10 Å². The fraction of sp³-hybridized carbons (Fsp3) is 0.714. The Bertz CT molecular complexity index is 418. The maximum absolute atomic E-state index is 9.48. The minimum Gasteiger partial charge on any atom is -0.392 e. The monoisotopic (exact) mass is 264 g/mol. The van der Waals surface area contributed by atoms with Crippen molar-refractivity contribution >= 4 is 11.6 Å². The van der Waals surface area contributed by atoms with Gasteiger partial charge in [-0.05, 0) is 26.2 Å². The van der Waals surface area contributed by atoms with E-state index in [2.05, 4.69) is 22.2 Å². The van der Waals surface area contributed by atoms with E-state index in [4.69, 9.17) is 0 Å². The Hall–Kier alpha value is -1.36. The summed E-state index contributed by atoms with van der Waals surface area (Å²) >= 11 is 0. The van der Waals surface area contributed by atoms with E-state index in [0.717, 1.165) is 30.4 Å². The lowest BCUT2D eigenvalue weighted by Gasteiger charge is -2.21. The SMILES string of the molecule is CCCNc1cc(N(C)CC(C)O)nc(C2CC2)n1. The van der Waals surface area contributed by atoms with Crippen LogP contribution in [0, 0.1) is 0 Å². The Labute approximate surface area is 115 Å². The van der Waals surface area contributed by atoms with Crippen LogP contribution in [0.3, 0.4) is 0 Å². The molecule has 0 bridgehead atoms. The topological polar surface area (TPSA) is 61.3 Å². The maximum atomic E-state index is 9.48. The molecule has 106 valence electrons. The average Bonchev–Trinajstić information content (AvgIpc) is 3.19. The third-order valence-electron chi connectivity index (χ3n) is 3.16. The number of likely N-dealkylation sites (N-methyl/N-ethyl adjacent to an activating group) is 1. The van der Waals surface area contributed by atoms with E-state index in [9.17, 15) is 5.11 Å². The Kier molecular flexibility index (Phi) is 4.58. The van der Waals surface area contributed by atoms with E-state index in [0.29, 0.717) is 12.5 Å². The summed E-state index contributed by atoms with van der Waals surface area (Å²) in [6, 6.07) is 1.96. The summed E-state index contributed by atoms with van der Waals surface area (Å²) in [5, 5.41) is 12.8. The lowest BCUT2D eigenvalue weighted by molar-refractivity contribution is 0.201. The zero-order valence-corrected chi connectivity index (χ0v) is 12.1. The molecule has 1 fully saturated rings. The van der Waals surface area contributed by atoms with Crippen LogP contribution in [-0.4, -0.2) is 41.3 Å². The second kappa shape index (κ2) is 6.19. The Morgan fingerprint density at radius 1 is 1.47 bits per heavy atom. The lowest BCUT2D eigenvalue weighted by atomic mass is 10.3. The minimum absolute atomic E-state index is 0.364. The molecule has 1 aromatic heterocycles. The van der Waals surface area contributed by atoms with Crippen molar-refractivity contribution in [1.82, 2.24) is 9.97 Å². The molecular weight excluding hydrogens is 240 g/mol. The van der Waals surface area contributed by atoms with Crippen LogP contribution in [0.1, 0.15) is 44.9 Å². The first-order chi connectivity index (χ1) is 9.10. The van der Waals surface area contributed by atoms with E-state index in [1.807, 2.05) is 18.0 Å². The van der Waals surface area contributed by atoms with Gasteiger partial charge >= 0.3 is 0 Å². The van der Waals surface area contributed by atoms with E-state index in [-0.39, 0.29) is 6.10 Å². The standard InChI is InChI=1S/C14H24N4O/c1-4-7-15-12-8-13(18(3)9-10(2)19)17-14(16-12)11-5-6-11/h8,10-11,19H,4-7,9H2,1-3H3,(H,15,16,17). The first kappa shape index (κ1) is 14.1. The van der Waals surface area contributed by atoms with E-state index in [1.54, 1.807) is 6.92 Å². The van der Waals surface area contributed by atoms with E-state index in [1.165, 1.54) is 12.8 Å². The van der Waals surface area contributed by atoms with Crippen molar-refractivity contribution in [3.8, 4) is 0 Å². The van der Waals surface area contributed by atoms with Gasteiger partial charge in [-0.15, -0.1) is 0 Å². The second-order valence-corrected chi connectivity index (χ2v) is 5.40. The normalized spacial score (nSPS) is 16.2. The van der Waals surface area contributed by atoms with Crippen molar-refractivity contribution in [3.63, 3.8) is 0 Å². The summed E-state index contributed by atoms with van der Waals surface area (Å²) in [7, 11) is 1.95. The highest BCUT2D eigenvalue weighted by atomic mass is 16.3. The molecule has 2 N–H and O–H groups in total. The van der Waals surface area contributed by atoms with Crippen LogP contribution in [0.5, 0.6) is 0 Å². The van der Waals surface area contributed by atoms with Crippen LogP contribution < -0.4 is 10.2 Å². The Morgan fingerprint density at radius 3 is 2.79 bits per heavy atom. The van der Waals surface area contributed by atoms with Crippen molar-refractivity contribution in [2.24, 2.45) is 0 Å². The van der Waals surface area contributed by atoms with Crippen LogP contribution in [0.25, 0.3) is 0 Å². The summed E-state index contributed by atoms with van der Waals surface area (Å²) < 4.78 is 0. The van der Waals surface area contributed by atoms with Gasteiger partial charge in [0.1, 0.15) is 17.5 Å². The van der Waals surface area contributed by atoms with Crippen LogP contribution in [-0.2, 0) is 0 Å². The fourth-order valence-electron chi connectivity index (χ4n) is 2.01. The van der Waals surface area contributed by atoms with Crippen molar-refractivity contribution in [3.05, 3.63) is 11.9 Å². The van der Waals surface area contributed by atoms with Gasteiger partial charge in [-0.3, -0.25) is 0 Å². The molecule has 1 atom stereocenters. The molecule has 0 amide bonds. The molecule has 1 unspecified atom stereocenters. The summed E-state index contributed by atoms with van der Waals surface area (Å²) in [6.45, 7) is 5.42. The summed E-state index contributed by atoms with van der Waals surface area (Å²) in [5.74, 6) is 3.25. The number of aliphatic hydroxyl groups excluding tert-OH is 1. The Balaban J connectivity index is 2.17. The number of hydrogen-bond acceptors (Lipinski definition) is 5. The predicted molar refractivity (Wildman–Crippen MR) is 77.7 cm³/mol.